The number of carbonyl (C=O) groups excluding carboxylic acids is 1. The Morgan fingerprint density at radius 1 is 1.22 bits per heavy atom. The molecule has 0 unspecified atom stereocenters. The molecule has 102 valence electrons. The van der Waals surface area contributed by atoms with E-state index in [2.05, 4.69) is 5.18 Å². The Balaban J connectivity index is 2.85. The lowest BCUT2D eigenvalue weighted by atomic mass is 9.87. The van der Waals surface area contributed by atoms with Crippen LogP contribution in [-0.2, 0) is 9.53 Å². The van der Waals surface area contributed by atoms with Crippen LogP contribution in [0.5, 0.6) is 0 Å². The van der Waals surface area contributed by atoms with Gasteiger partial charge in [-0.2, -0.15) is 0 Å². The van der Waals surface area contributed by atoms with Gasteiger partial charge in [0.1, 0.15) is 11.4 Å². The summed E-state index contributed by atoms with van der Waals surface area (Å²) in [7, 11) is 0. The zero-order chi connectivity index (χ0) is 13.8. The summed E-state index contributed by atoms with van der Waals surface area (Å²) in [5, 5.41) is 12.6. The molecule has 1 rings (SSSR count). The minimum absolute atomic E-state index is 0.140. The van der Waals surface area contributed by atoms with Gasteiger partial charge in [0.05, 0.1) is 0 Å². The van der Waals surface area contributed by atoms with Crippen molar-refractivity contribution >= 4 is 5.97 Å². The summed E-state index contributed by atoms with van der Waals surface area (Å²) in [4.78, 5) is 22.5. The molecule has 0 saturated heterocycles. The standard InChI is InChI=1S/C13H21NO4/c1-13(2,3)18-12(16)10(14-17)11(15)9-7-5-4-6-8-9/h9,15H,4-8H2,1-3H3. The Labute approximate surface area is 107 Å². The van der Waals surface area contributed by atoms with Gasteiger partial charge in [-0.25, -0.2) is 4.79 Å². The average Bonchev–Trinajstić information content (AvgIpc) is 2.28. The van der Waals surface area contributed by atoms with Crippen molar-refractivity contribution in [3.63, 3.8) is 0 Å². The number of nitroso groups, excluding NO2 is 1. The summed E-state index contributed by atoms with van der Waals surface area (Å²) in [6, 6.07) is 0. The largest absolute Gasteiger partial charge is 0.509 e. The lowest BCUT2D eigenvalue weighted by Crippen LogP contribution is -2.26. The van der Waals surface area contributed by atoms with Gasteiger partial charge in [0.25, 0.3) is 0 Å². The van der Waals surface area contributed by atoms with E-state index < -0.39 is 17.3 Å². The average molecular weight is 255 g/mol. The number of esters is 1. The first-order valence-electron chi connectivity index (χ1n) is 6.35. The molecule has 0 aromatic heterocycles. The molecule has 0 aromatic carbocycles. The summed E-state index contributed by atoms with van der Waals surface area (Å²) in [6.45, 7) is 5.10. The molecule has 0 radical (unpaired) electrons. The van der Waals surface area contributed by atoms with Crippen molar-refractivity contribution in [2.24, 2.45) is 11.1 Å². The second-order valence-corrected chi connectivity index (χ2v) is 5.66. The number of hydrogen-bond acceptors (Lipinski definition) is 5. The number of allylic oxidation sites excluding steroid dienone is 1. The van der Waals surface area contributed by atoms with Gasteiger partial charge in [0, 0.05) is 5.92 Å². The molecule has 0 spiro atoms. The number of aliphatic hydroxyl groups excluding tert-OH is 1. The molecule has 5 heteroatoms. The molecule has 1 N–H and O–H groups in total. The van der Waals surface area contributed by atoms with Crippen LogP contribution in [0.25, 0.3) is 0 Å². The molecule has 1 aliphatic rings. The molecular weight excluding hydrogens is 234 g/mol. The van der Waals surface area contributed by atoms with E-state index in [0.29, 0.717) is 0 Å². The normalized spacial score (nSPS) is 19.1. The zero-order valence-electron chi connectivity index (χ0n) is 11.2. The third kappa shape index (κ3) is 4.13. The second kappa shape index (κ2) is 5.98. The summed E-state index contributed by atoms with van der Waals surface area (Å²) < 4.78 is 5.05. The molecular formula is C13H21NO4. The smallest absolute Gasteiger partial charge is 0.364 e. The van der Waals surface area contributed by atoms with Gasteiger partial charge in [-0.3, -0.25) is 0 Å². The summed E-state index contributed by atoms with van der Waals surface area (Å²) in [5.41, 5.74) is -1.18. The molecule has 0 heterocycles. The van der Waals surface area contributed by atoms with E-state index in [0.717, 1.165) is 32.1 Å². The summed E-state index contributed by atoms with van der Waals surface area (Å²) in [5.74, 6) is -1.20. The monoisotopic (exact) mass is 255 g/mol. The first kappa shape index (κ1) is 14.7. The minimum Gasteiger partial charge on any atom is -0.509 e. The van der Waals surface area contributed by atoms with Crippen LogP contribution in [0.3, 0.4) is 0 Å². The summed E-state index contributed by atoms with van der Waals surface area (Å²) in [6.07, 6.45) is 4.69. The van der Waals surface area contributed by atoms with E-state index in [1.807, 2.05) is 0 Å². The summed E-state index contributed by atoms with van der Waals surface area (Å²) >= 11 is 0. The predicted molar refractivity (Wildman–Crippen MR) is 67.9 cm³/mol. The highest BCUT2D eigenvalue weighted by Crippen LogP contribution is 2.30. The van der Waals surface area contributed by atoms with Crippen LogP contribution in [0.15, 0.2) is 16.6 Å². The Morgan fingerprint density at radius 3 is 2.22 bits per heavy atom. The lowest BCUT2D eigenvalue weighted by molar-refractivity contribution is -0.150. The highest BCUT2D eigenvalue weighted by molar-refractivity contribution is 5.88. The first-order valence-corrected chi connectivity index (χ1v) is 6.35. The van der Waals surface area contributed by atoms with E-state index >= 15 is 0 Å². The fourth-order valence-electron chi connectivity index (χ4n) is 2.08. The Kier molecular flexibility index (Phi) is 4.87. The SMILES string of the molecule is CC(C)(C)OC(=O)C(N=O)=C(O)C1CCCCC1. The van der Waals surface area contributed by atoms with Crippen LogP contribution in [-0.4, -0.2) is 16.7 Å². The van der Waals surface area contributed by atoms with Crippen LogP contribution < -0.4 is 0 Å². The highest BCUT2D eigenvalue weighted by Gasteiger charge is 2.28. The Morgan fingerprint density at radius 2 is 1.78 bits per heavy atom. The Hall–Kier alpha value is -1.39. The van der Waals surface area contributed by atoms with E-state index in [1.165, 1.54) is 0 Å². The number of ether oxygens (including phenoxy) is 1. The van der Waals surface area contributed by atoms with E-state index in [4.69, 9.17) is 4.74 Å². The van der Waals surface area contributed by atoms with E-state index in [-0.39, 0.29) is 11.7 Å². The molecule has 5 nitrogen and oxygen atoms in total. The topological polar surface area (TPSA) is 76.0 Å². The van der Waals surface area contributed by atoms with Gasteiger partial charge >= 0.3 is 5.97 Å². The second-order valence-electron chi connectivity index (χ2n) is 5.66. The maximum absolute atomic E-state index is 11.7. The van der Waals surface area contributed by atoms with Crippen molar-refractivity contribution in [2.45, 2.75) is 58.5 Å². The number of rotatable bonds is 3. The Bertz CT molecular complexity index is 348. The number of hydrogen-bond donors (Lipinski definition) is 1. The third-order valence-corrected chi connectivity index (χ3v) is 2.92. The maximum Gasteiger partial charge on any atom is 0.364 e. The highest BCUT2D eigenvalue weighted by atomic mass is 16.6. The fourth-order valence-corrected chi connectivity index (χ4v) is 2.08. The van der Waals surface area contributed by atoms with Gasteiger partial charge in [-0.1, -0.05) is 19.3 Å². The van der Waals surface area contributed by atoms with Crippen LogP contribution >= 0.6 is 0 Å². The molecule has 0 aliphatic heterocycles. The van der Waals surface area contributed by atoms with Gasteiger partial charge in [0.2, 0.25) is 5.70 Å². The molecule has 0 bridgehead atoms. The van der Waals surface area contributed by atoms with Crippen LogP contribution in [0, 0.1) is 10.8 Å². The fraction of sp³-hybridized carbons (Fsp3) is 0.769. The molecule has 0 amide bonds. The van der Waals surface area contributed by atoms with Gasteiger partial charge in [0.15, 0.2) is 0 Å². The van der Waals surface area contributed by atoms with Crippen molar-refractivity contribution in [1.82, 2.24) is 0 Å². The first-order chi connectivity index (χ1) is 8.35. The van der Waals surface area contributed by atoms with Crippen molar-refractivity contribution in [3.8, 4) is 0 Å². The maximum atomic E-state index is 11.7. The van der Waals surface area contributed by atoms with Crippen molar-refractivity contribution in [1.29, 1.82) is 0 Å². The zero-order valence-corrected chi connectivity index (χ0v) is 11.2. The van der Waals surface area contributed by atoms with Crippen molar-refractivity contribution in [3.05, 3.63) is 16.4 Å². The quantitative estimate of drug-likeness (QED) is 0.362. The van der Waals surface area contributed by atoms with Crippen molar-refractivity contribution < 1.29 is 14.6 Å². The lowest BCUT2D eigenvalue weighted by Gasteiger charge is -2.23. The van der Waals surface area contributed by atoms with E-state index in [1.54, 1.807) is 20.8 Å². The minimum atomic E-state index is -0.847. The number of aliphatic hydroxyl groups is 1. The van der Waals surface area contributed by atoms with Crippen LogP contribution in [0.1, 0.15) is 52.9 Å². The molecule has 0 aromatic rings. The molecule has 1 fully saturated rings. The van der Waals surface area contributed by atoms with Gasteiger partial charge in [-0.05, 0) is 38.8 Å². The van der Waals surface area contributed by atoms with Gasteiger partial charge < -0.3 is 9.84 Å². The number of carbonyl (C=O) groups is 1. The number of nitrogens with zero attached hydrogens (tertiary/aromatic N) is 1. The molecule has 0 atom stereocenters. The van der Waals surface area contributed by atoms with Crippen molar-refractivity contribution in [2.75, 3.05) is 0 Å². The third-order valence-electron chi connectivity index (χ3n) is 2.92. The molecule has 1 saturated carbocycles. The molecule has 1 aliphatic carbocycles. The van der Waals surface area contributed by atoms with Gasteiger partial charge in [-0.15, -0.1) is 4.91 Å². The molecule has 18 heavy (non-hydrogen) atoms. The van der Waals surface area contributed by atoms with Crippen LogP contribution in [0.4, 0.5) is 0 Å². The predicted octanol–water partition coefficient (Wildman–Crippen LogP) is 3.44. The van der Waals surface area contributed by atoms with Crippen LogP contribution in [0.2, 0.25) is 0 Å². The van der Waals surface area contributed by atoms with E-state index in [9.17, 15) is 14.8 Å².